The Balaban J connectivity index is 2.45. The second kappa shape index (κ2) is 4.08. The molecular formula is C10H12ClN3O. The largest absolute Gasteiger partial charge is 0.396 e. The number of halogens is 1. The highest BCUT2D eigenvalue weighted by molar-refractivity contribution is 6.32. The van der Waals surface area contributed by atoms with Gasteiger partial charge in [-0.15, -0.1) is 0 Å². The molecule has 2 heterocycles. The summed E-state index contributed by atoms with van der Waals surface area (Å²) in [5, 5.41) is 9.47. The van der Waals surface area contributed by atoms with Crippen LogP contribution in [0.15, 0.2) is 18.5 Å². The van der Waals surface area contributed by atoms with E-state index in [1.807, 2.05) is 25.5 Å². The Kier molecular flexibility index (Phi) is 2.79. The summed E-state index contributed by atoms with van der Waals surface area (Å²) in [5.41, 5.74) is 1.71. The minimum atomic E-state index is 0.0771. The monoisotopic (exact) mass is 225 g/mol. The Morgan fingerprint density at radius 3 is 3.00 bits per heavy atom. The first kappa shape index (κ1) is 10.3. The molecule has 0 atom stereocenters. The van der Waals surface area contributed by atoms with Crippen LogP contribution in [0.5, 0.6) is 0 Å². The fourth-order valence-electron chi connectivity index (χ4n) is 1.50. The van der Waals surface area contributed by atoms with Crippen LogP contribution in [0, 0.1) is 0 Å². The highest BCUT2D eigenvalue weighted by Crippen LogP contribution is 2.27. The first-order chi connectivity index (χ1) is 7.24. The molecule has 0 aliphatic rings. The van der Waals surface area contributed by atoms with Crippen molar-refractivity contribution in [2.24, 2.45) is 7.05 Å². The van der Waals surface area contributed by atoms with Crippen molar-refractivity contribution in [3.63, 3.8) is 0 Å². The number of aromatic amines is 1. The summed E-state index contributed by atoms with van der Waals surface area (Å²) in [7, 11) is 1.84. The van der Waals surface area contributed by atoms with Gasteiger partial charge in [-0.1, -0.05) is 11.6 Å². The molecule has 0 saturated carbocycles. The van der Waals surface area contributed by atoms with Gasteiger partial charge in [0.25, 0.3) is 0 Å². The molecule has 2 rings (SSSR count). The van der Waals surface area contributed by atoms with Gasteiger partial charge in [0, 0.05) is 31.4 Å². The Hall–Kier alpha value is -1.26. The molecule has 0 fully saturated rings. The van der Waals surface area contributed by atoms with Crippen LogP contribution in [0.3, 0.4) is 0 Å². The van der Waals surface area contributed by atoms with E-state index in [0.29, 0.717) is 11.6 Å². The van der Waals surface area contributed by atoms with Gasteiger partial charge in [-0.25, -0.2) is 4.98 Å². The molecule has 80 valence electrons. The Morgan fingerprint density at radius 2 is 2.40 bits per heavy atom. The average Bonchev–Trinajstić information content (AvgIpc) is 2.82. The van der Waals surface area contributed by atoms with Gasteiger partial charge in [-0.2, -0.15) is 0 Å². The lowest BCUT2D eigenvalue weighted by Gasteiger charge is -1.98. The van der Waals surface area contributed by atoms with Gasteiger partial charge >= 0.3 is 0 Å². The summed E-state index contributed by atoms with van der Waals surface area (Å²) in [4.78, 5) is 7.35. The lowest BCUT2D eigenvalue weighted by Crippen LogP contribution is -2.00. The van der Waals surface area contributed by atoms with Crippen molar-refractivity contribution < 1.29 is 5.11 Å². The topological polar surface area (TPSA) is 53.8 Å². The zero-order chi connectivity index (χ0) is 10.8. The normalized spacial score (nSPS) is 10.9. The third kappa shape index (κ3) is 1.78. The van der Waals surface area contributed by atoms with E-state index in [0.717, 1.165) is 17.1 Å². The van der Waals surface area contributed by atoms with E-state index < -0.39 is 0 Å². The van der Waals surface area contributed by atoms with Crippen molar-refractivity contribution >= 4 is 11.6 Å². The number of H-pyrrole nitrogens is 1. The fourth-order valence-corrected chi connectivity index (χ4v) is 1.75. The standard InChI is InChI=1S/C10H12ClN3O/c1-14-8(3-5-15)13-9(10(14)11)7-2-4-12-6-7/h2,4,6,12,15H,3,5H2,1H3. The van der Waals surface area contributed by atoms with E-state index in [1.165, 1.54) is 0 Å². The zero-order valence-electron chi connectivity index (χ0n) is 8.37. The highest BCUT2D eigenvalue weighted by atomic mass is 35.5. The molecule has 0 unspecified atom stereocenters. The fraction of sp³-hybridized carbons (Fsp3) is 0.300. The van der Waals surface area contributed by atoms with Crippen molar-refractivity contribution in [1.82, 2.24) is 14.5 Å². The second-order valence-corrected chi connectivity index (χ2v) is 3.66. The molecule has 0 aromatic carbocycles. The molecule has 15 heavy (non-hydrogen) atoms. The molecule has 5 heteroatoms. The minimum absolute atomic E-state index is 0.0771. The summed E-state index contributed by atoms with van der Waals surface area (Å²) in [6.07, 6.45) is 4.18. The average molecular weight is 226 g/mol. The molecule has 2 aromatic rings. The maximum atomic E-state index is 8.87. The summed E-state index contributed by atoms with van der Waals surface area (Å²) in [6, 6.07) is 1.91. The van der Waals surface area contributed by atoms with E-state index in [-0.39, 0.29) is 6.61 Å². The van der Waals surface area contributed by atoms with Gasteiger partial charge < -0.3 is 14.7 Å². The van der Waals surface area contributed by atoms with Gasteiger partial charge in [-0.05, 0) is 6.07 Å². The number of rotatable bonds is 3. The van der Waals surface area contributed by atoms with E-state index in [1.54, 1.807) is 4.57 Å². The van der Waals surface area contributed by atoms with E-state index in [9.17, 15) is 0 Å². The molecule has 2 N–H and O–H groups in total. The van der Waals surface area contributed by atoms with Crippen LogP contribution in [0.1, 0.15) is 5.82 Å². The van der Waals surface area contributed by atoms with Gasteiger partial charge in [-0.3, -0.25) is 0 Å². The molecular weight excluding hydrogens is 214 g/mol. The summed E-state index contributed by atoms with van der Waals surface area (Å²) in [5.74, 6) is 0.790. The van der Waals surface area contributed by atoms with Crippen molar-refractivity contribution in [3.05, 3.63) is 29.4 Å². The molecule has 0 aliphatic carbocycles. The van der Waals surface area contributed by atoms with Crippen LogP contribution in [-0.4, -0.2) is 26.2 Å². The number of hydrogen-bond donors (Lipinski definition) is 2. The number of nitrogens with one attached hydrogen (secondary N) is 1. The molecule has 4 nitrogen and oxygen atoms in total. The molecule has 0 spiro atoms. The van der Waals surface area contributed by atoms with Crippen LogP contribution < -0.4 is 0 Å². The van der Waals surface area contributed by atoms with Gasteiger partial charge in [0.2, 0.25) is 0 Å². The predicted octanol–water partition coefficient (Wildman–Crippen LogP) is 1.60. The number of hydrogen-bond acceptors (Lipinski definition) is 2. The maximum Gasteiger partial charge on any atom is 0.136 e. The van der Waals surface area contributed by atoms with Crippen LogP contribution in [0.2, 0.25) is 5.15 Å². The molecule has 0 aliphatic heterocycles. The molecule has 0 amide bonds. The maximum absolute atomic E-state index is 8.87. The number of nitrogens with zero attached hydrogens (tertiary/aromatic N) is 2. The van der Waals surface area contributed by atoms with Crippen molar-refractivity contribution in [1.29, 1.82) is 0 Å². The van der Waals surface area contributed by atoms with Gasteiger partial charge in [0.1, 0.15) is 16.7 Å². The highest BCUT2D eigenvalue weighted by Gasteiger charge is 2.13. The summed E-state index contributed by atoms with van der Waals surface area (Å²) < 4.78 is 1.79. The van der Waals surface area contributed by atoms with E-state index >= 15 is 0 Å². The quantitative estimate of drug-likeness (QED) is 0.834. The summed E-state index contributed by atoms with van der Waals surface area (Å²) >= 11 is 6.15. The number of aliphatic hydroxyl groups is 1. The predicted molar refractivity (Wildman–Crippen MR) is 58.8 cm³/mol. The van der Waals surface area contributed by atoms with Gasteiger partial charge in [0.05, 0.1) is 6.61 Å². The SMILES string of the molecule is Cn1c(CCO)nc(-c2cc[nH]c2)c1Cl. The van der Waals surface area contributed by atoms with Crippen LogP contribution in [0.4, 0.5) is 0 Å². The minimum Gasteiger partial charge on any atom is -0.396 e. The smallest absolute Gasteiger partial charge is 0.136 e. The first-order valence-electron chi connectivity index (χ1n) is 4.69. The lowest BCUT2D eigenvalue weighted by molar-refractivity contribution is 0.295. The first-order valence-corrected chi connectivity index (χ1v) is 5.07. The van der Waals surface area contributed by atoms with E-state index in [2.05, 4.69) is 9.97 Å². The van der Waals surface area contributed by atoms with Crippen molar-refractivity contribution in [2.45, 2.75) is 6.42 Å². The second-order valence-electron chi connectivity index (χ2n) is 3.30. The molecule has 0 bridgehead atoms. The number of imidazole rings is 1. The van der Waals surface area contributed by atoms with Crippen molar-refractivity contribution in [2.75, 3.05) is 6.61 Å². The third-order valence-electron chi connectivity index (χ3n) is 2.32. The summed E-state index contributed by atoms with van der Waals surface area (Å²) in [6.45, 7) is 0.0771. The Morgan fingerprint density at radius 1 is 1.60 bits per heavy atom. The number of aliphatic hydroxyl groups excluding tert-OH is 1. The Bertz CT molecular complexity index is 447. The van der Waals surface area contributed by atoms with Crippen molar-refractivity contribution in [3.8, 4) is 11.3 Å². The van der Waals surface area contributed by atoms with Crippen LogP contribution >= 0.6 is 11.6 Å². The van der Waals surface area contributed by atoms with Gasteiger partial charge in [0.15, 0.2) is 0 Å². The lowest BCUT2D eigenvalue weighted by atomic mass is 10.3. The van der Waals surface area contributed by atoms with Crippen LogP contribution in [0.25, 0.3) is 11.3 Å². The Labute approximate surface area is 92.5 Å². The molecule has 2 aromatic heterocycles. The molecule has 0 radical (unpaired) electrons. The number of aromatic nitrogens is 3. The third-order valence-corrected chi connectivity index (χ3v) is 2.76. The van der Waals surface area contributed by atoms with Crippen LogP contribution in [-0.2, 0) is 13.5 Å². The van der Waals surface area contributed by atoms with E-state index in [4.69, 9.17) is 16.7 Å². The molecule has 0 saturated heterocycles. The zero-order valence-corrected chi connectivity index (χ0v) is 9.12.